The highest BCUT2D eigenvalue weighted by atomic mass is 32.1. The first-order valence-corrected chi connectivity index (χ1v) is 6.37. The smallest absolute Gasteiger partial charge is 0.0476 e. The van der Waals surface area contributed by atoms with Gasteiger partial charge in [-0.3, -0.25) is 0 Å². The van der Waals surface area contributed by atoms with Crippen LogP contribution in [0.1, 0.15) is 30.0 Å². The van der Waals surface area contributed by atoms with Crippen LogP contribution in [0.15, 0.2) is 12.1 Å². The summed E-state index contributed by atoms with van der Waals surface area (Å²) in [6.07, 6.45) is 2.21. The minimum atomic E-state index is 0.525. The average Bonchev–Trinajstić information content (AvgIpc) is 2.71. The summed E-state index contributed by atoms with van der Waals surface area (Å²) in [5, 5.41) is 3.50. The standard InChI is InChI=1S/C12H21NOS/c1-4-11-5-6-12(15-11)9-13-10(2)7-8-14-3/h5-6,10,13H,4,7-9H2,1-3H3. The zero-order valence-corrected chi connectivity index (χ0v) is 10.7. The molecule has 0 aromatic carbocycles. The minimum absolute atomic E-state index is 0.525. The fraction of sp³-hybridized carbons (Fsp3) is 0.667. The molecule has 0 fully saturated rings. The molecule has 0 aliphatic heterocycles. The van der Waals surface area contributed by atoms with Gasteiger partial charge >= 0.3 is 0 Å². The van der Waals surface area contributed by atoms with Gasteiger partial charge in [-0.05, 0) is 31.9 Å². The molecule has 1 aromatic rings. The quantitative estimate of drug-likeness (QED) is 0.773. The van der Waals surface area contributed by atoms with Crippen molar-refractivity contribution in [1.82, 2.24) is 5.32 Å². The van der Waals surface area contributed by atoms with E-state index in [4.69, 9.17) is 4.74 Å². The lowest BCUT2D eigenvalue weighted by molar-refractivity contribution is 0.185. The largest absolute Gasteiger partial charge is 0.385 e. The molecule has 0 radical (unpaired) electrons. The van der Waals surface area contributed by atoms with E-state index in [0.717, 1.165) is 26.0 Å². The van der Waals surface area contributed by atoms with E-state index in [1.165, 1.54) is 9.75 Å². The molecule has 86 valence electrons. The van der Waals surface area contributed by atoms with Crippen LogP contribution in [-0.2, 0) is 17.7 Å². The second kappa shape index (κ2) is 6.99. The van der Waals surface area contributed by atoms with E-state index in [0.29, 0.717) is 6.04 Å². The van der Waals surface area contributed by atoms with Crippen LogP contribution in [0.5, 0.6) is 0 Å². The summed E-state index contributed by atoms with van der Waals surface area (Å²) >= 11 is 1.90. The van der Waals surface area contributed by atoms with Crippen molar-refractivity contribution < 1.29 is 4.74 Å². The topological polar surface area (TPSA) is 21.3 Å². The first kappa shape index (κ1) is 12.7. The minimum Gasteiger partial charge on any atom is -0.385 e. The maximum Gasteiger partial charge on any atom is 0.0476 e. The molecule has 1 N–H and O–H groups in total. The Hall–Kier alpha value is -0.380. The normalized spacial score (nSPS) is 13.0. The Bertz CT molecular complexity index is 272. The first-order valence-electron chi connectivity index (χ1n) is 5.56. The second-order valence-electron chi connectivity index (χ2n) is 3.78. The summed E-state index contributed by atoms with van der Waals surface area (Å²) in [6.45, 7) is 6.21. The molecule has 0 saturated carbocycles. The number of thiophene rings is 1. The summed E-state index contributed by atoms with van der Waals surface area (Å²) in [7, 11) is 1.75. The molecule has 15 heavy (non-hydrogen) atoms. The van der Waals surface area contributed by atoms with Crippen molar-refractivity contribution in [3.8, 4) is 0 Å². The van der Waals surface area contributed by atoms with Gasteiger partial charge in [0.2, 0.25) is 0 Å². The van der Waals surface area contributed by atoms with Crippen LogP contribution in [0.25, 0.3) is 0 Å². The summed E-state index contributed by atoms with van der Waals surface area (Å²) in [5.41, 5.74) is 0. The molecule has 1 rings (SSSR count). The van der Waals surface area contributed by atoms with Gasteiger partial charge in [-0.15, -0.1) is 11.3 Å². The molecule has 1 unspecified atom stereocenters. The molecule has 1 aromatic heterocycles. The number of nitrogens with one attached hydrogen (secondary N) is 1. The molecule has 0 spiro atoms. The molecule has 0 aliphatic carbocycles. The fourth-order valence-corrected chi connectivity index (χ4v) is 2.29. The van der Waals surface area contributed by atoms with Gasteiger partial charge in [-0.1, -0.05) is 6.92 Å². The predicted molar refractivity (Wildman–Crippen MR) is 66.5 cm³/mol. The molecule has 0 bridgehead atoms. The number of methoxy groups -OCH3 is 1. The zero-order chi connectivity index (χ0) is 11.1. The Morgan fingerprint density at radius 2 is 2.13 bits per heavy atom. The molecular formula is C12H21NOS. The fourth-order valence-electron chi connectivity index (χ4n) is 1.38. The van der Waals surface area contributed by atoms with E-state index in [1.54, 1.807) is 7.11 Å². The van der Waals surface area contributed by atoms with Crippen LogP contribution in [0, 0.1) is 0 Å². The highest BCUT2D eigenvalue weighted by Crippen LogP contribution is 2.16. The number of aryl methyl sites for hydroxylation is 1. The van der Waals surface area contributed by atoms with Crippen molar-refractivity contribution in [2.45, 2.75) is 39.3 Å². The molecule has 0 aliphatic rings. The van der Waals surface area contributed by atoms with Crippen molar-refractivity contribution in [3.63, 3.8) is 0 Å². The van der Waals surface area contributed by atoms with Crippen molar-refractivity contribution >= 4 is 11.3 Å². The van der Waals surface area contributed by atoms with Gasteiger partial charge in [0.05, 0.1) is 0 Å². The van der Waals surface area contributed by atoms with E-state index in [1.807, 2.05) is 11.3 Å². The lowest BCUT2D eigenvalue weighted by Crippen LogP contribution is -2.26. The molecule has 0 saturated heterocycles. The SMILES string of the molecule is CCc1ccc(CNC(C)CCOC)s1. The maximum atomic E-state index is 5.05. The maximum absolute atomic E-state index is 5.05. The van der Waals surface area contributed by atoms with Gasteiger partial charge < -0.3 is 10.1 Å². The van der Waals surface area contributed by atoms with Crippen molar-refractivity contribution in [3.05, 3.63) is 21.9 Å². The van der Waals surface area contributed by atoms with Crippen LogP contribution >= 0.6 is 11.3 Å². The molecule has 3 heteroatoms. The summed E-state index contributed by atoms with van der Waals surface area (Å²) in [4.78, 5) is 2.90. The monoisotopic (exact) mass is 227 g/mol. The average molecular weight is 227 g/mol. The van der Waals surface area contributed by atoms with E-state index in [9.17, 15) is 0 Å². The number of hydrogen-bond donors (Lipinski definition) is 1. The van der Waals surface area contributed by atoms with Gasteiger partial charge in [0.25, 0.3) is 0 Å². The molecular weight excluding hydrogens is 206 g/mol. The van der Waals surface area contributed by atoms with E-state index in [-0.39, 0.29) is 0 Å². The van der Waals surface area contributed by atoms with Crippen LogP contribution in [0.4, 0.5) is 0 Å². The van der Waals surface area contributed by atoms with Crippen molar-refractivity contribution in [2.75, 3.05) is 13.7 Å². The van der Waals surface area contributed by atoms with Crippen LogP contribution in [-0.4, -0.2) is 19.8 Å². The predicted octanol–water partition coefficient (Wildman–Crippen LogP) is 2.83. The van der Waals surface area contributed by atoms with Crippen molar-refractivity contribution in [1.29, 1.82) is 0 Å². The highest BCUT2D eigenvalue weighted by Gasteiger charge is 2.02. The molecule has 0 amide bonds. The number of ether oxygens (including phenoxy) is 1. The Balaban J connectivity index is 2.24. The molecule has 1 heterocycles. The number of rotatable bonds is 7. The number of hydrogen-bond acceptors (Lipinski definition) is 3. The van der Waals surface area contributed by atoms with E-state index in [2.05, 4.69) is 31.3 Å². The zero-order valence-electron chi connectivity index (χ0n) is 9.88. The summed E-state index contributed by atoms with van der Waals surface area (Å²) < 4.78 is 5.05. The van der Waals surface area contributed by atoms with Gasteiger partial charge in [0.1, 0.15) is 0 Å². The van der Waals surface area contributed by atoms with Crippen molar-refractivity contribution in [2.24, 2.45) is 0 Å². The van der Waals surface area contributed by atoms with E-state index >= 15 is 0 Å². The van der Waals surface area contributed by atoms with Gasteiger partial charge in [0.15, 0.2) is 0 Å². The summed E-state index contributed by atoms with van der Waals surface area (Å²) in [6, 6.07) is 4.97. The van der Waals surface area contributed by atoms with E-state index < -0.39 is 0 Å². The lowest BCUT2D eigenvalue weighted by atomic mass is 10.2. The Kier molecular flexibility index (Phi) is 5.91. The lowest BCUT2D eigenvalue weighted by Gasteiger charge is -2.11. The Morgan fingerprint density at radius 3 is 2.73 bits per heavy atom. The van der Waals surface area contributed by atoms with Gasteiger partial charge in [-0.25, -0.2) is 0 Å². The molecule has 2 nitrogen and oxygen atoms in total. The van der Waals surface area contributed by atoms with Crippen LogP contribution < -0.4 is 5.32 Å². The third-order valence-corrected chi connectivity index (χ3v) is 3.68. The Labute approximate surface area is 96.7 Å². The summed E-state index contributed by atoms with van der Waals surface area (Å²) in [5.74, 6) is 0. The van der Waals surface area contributed by atoms with Crippen LogP contribution in [0.2, 0.25) is 0 Å². The van der Waals surface area contributed by atoms with Gasteiger partial charge in [0, 0.05) is 36.1 Å². The van der Waals surface area contributed by atoms with Crippen LogP contribution in [0.3, 0.4) is 0 Å². The third kappa shape index (κ3) is 4.78. The Morgan fingerprint density at radius 1 is 1.40 bits per heavy atom. The third-order valence-electron chi connectivity index (χ3n) is 2.45. The highest BCUT2D eigenvalue weighted by molar-refractivity contribution is 7.11. The molecule has 1 atom stereocenters. The first-order chi connectivity index (χ1) is 7.26. The second-order valence-corrected chi connectivity index (χ2v) is 5.04. The van der Waals surface area contributed by atoms with Gasteiger partial charge in [-0.2, -0.15) is 0 Å².